The summed E-state index contributed by atoms with van der Waals surface area (Å²) in [6.45, 7) is 0. The van der Waals surface area contributed by atoms with Crippen molar-refractivity contribution >= 4 is 67.2 Å². The Morgan fingerprint density at radius 3 is 2.08 bits per heavy atom. The van der Waals surface area contributed by atoms with Gasteiger partial charge in [0.15, 0.2) is 0 Å². The van der Waals surface area contributed by atoms with Crippen molar-refractivity contribution in [3.05, 3.63) is 24.3 Å². The third-order valence-corrected chi connectivity index (χ3v) is 2.12. The zero-order chi connectivity index (χ0) is 8.48. The van der Waals surface area contributed by atoms with E-state index in [-0.39, 0.29) is 62.0 Å². The van der Waals surface area contributed by atoms with E-state index in [9.17, 15) is 8.42 Å². The summed E-state index contributed by atoms with van der Waals surface area (Å²) >= 11 is 0. The molecule has 6 heteroatoms. The summed E-state index contributed by atoms with van der Waals surface area (Å²) in [5.74, 6) is 0. The van der Waals surface area contributed by atoms with E-state index in [0.717, 1.165) is 0 Å². The van der Waals surface area contributed by atoms with E-state index < -0.39 is 10.1 Å². The van der Waals surface area contributed by atoms with Gasteiger partial charge >= 0.3 is 0 Å². The maximum atomic E-state index is 10.5. The van der Waals surface area contributed by atoms with Gasteiger partial charge < -0.3 is 5.73 Å². The zero-order valence-corrected chi connectivity index (χ0v) is 10.5. The molecule has 0 fully saturated rings. The van der Waals surface area contributed by atoms with Crippen LogP contribution in [0.1, 0.15) is 0 Å². The van der Waals surface area contributed by atoms with Gasteiger partial charge in [0.05, 0.1) is 5.69 Å². The number of para-hydroxylation sites is 1. The largest absolute Gasteiger partial charge is 0.398 e. The minimum atomic E-state index is -4.16. The Kier molecular flexibility index (Phi) is 4.93. The van der Waals surface area contributed by atoms with Crippen LogP contribution in [0.4, 0.5) is 5.69 Å². The quantitative estimate of drug-likeness (QED) is 0.394. The van der Waals surface area contributed by atoms with Crippen LogP contribution >= 0.6 is 0 Å². The standard InChI is InChI=1S/C6H7NO3S.K/c7-5-3-1-2-4-6(5)11(8,9)10;/h1-4H,7H2,(H,8,9,10);. The molecule has 12 heavy (non-hydrogen) atoms. The molecule has 0 aromatic heterocycles. The van der Waals surface area contributed by atoms with Crippen LogP contribution in [-0.4, -0.2) is 64.4 Å². The first-order valence-corrected chi connectivity index (χ1v) is 4.28. The molecule has 1 rings (SSSR count). The first kappa shape index (κ1) is 12.6. The summed E-state index contributed by atoms with van der Waals surface area (Å²) in [5.41, 5.74) is 5.32. The summed E-state index contributed by atoms with van der Waals surface area (Å²) in [6, 6.07) is 5.72. The number of rotatable bonds is 1. The number of anilines is 1. The second-order valence-corrected chi connectivity index (χ2v) is 3.40. The fourth-order valence-corrected chi connectivity index (χ4v) is 1.33. The van der Waals surface area contributed by atoms with Crippen LogP contribution in [0.15, 0.2) is 29.2 Å². The van der Waals surface area contributed by atoms with Crippen molar-refractivity contribution in [3.63, 3.8) is 0 Å². The van der Waals surface area contributed by atoms with Crippen LogP contribution in [0.25, 0.3) is 0 Å². The topological polar surface area (TPSA) is 80.4 Å². The van der Waals surface area contributed by atoms with E-state index >= 15 is 0 Å². The van der Waals surface area contributed by atoms with E-state index in [1.807, 2.05) is 0 Å². The third-order valence-electron chi connectivity index (χ3n) is 1.20. The summed E-state index contributed by atoms with van der Waals surface area (Å²) in [4.78, 5) is -0.250. The van der Waals surface area contributed by atoms with E-state index in [4.69, 9.17) is 10.3 Å². The number of nitrogens with two attached hydrogens (primary N) is 1. The van der Waals surface area contributed by atoms with Crippen molar-refractivity contribution in [1.29, 1.82) is 0 Å². The predicted octanol–water partition coefficient (Wildman–Crippen LogP) is 0.135. The summed E-state index contributed by atoms with van der Waals surface area (Å²) in [6.07, 6.45) is 0. The molecular formula is C6H7KNO3S. The Hall–Kier alpha value is 0.566. The van der Waals surface area contributed by atoms with Crippen LogP contribution in [0.2, 0.25) is 0 Å². The number of hydrogen-bond acceptors (Lipinski definition) is 3. The maximum Gasteiger partial charge on any atom is 0.296 e. The van der Waals surface area contributed by atoms with Crippen LogP contribution in [0.5, 0.6) is 0 Å². The molecule has 1 aromatic rings. The molecule has 4 nitrogen and oxygen atoms in total. The van der Waals surface area contributed by atoms with Crippen LogP contribution < -0.4 is 5.73 Å². The molecular weight excluding hydrogens is 205 g/mol. The van der Waals surface area contributed by atoms with Gasteiger partial charge in [-0.2, -0.15) is 8.42 Å². The van der Waals surface area contributed by atoms with E-state index in [1.54, 1.807) is 6.07 Å². The van der Waals surface area contributed by atoms with Crippen LogP contribution in [0, 0.1) is 0 Å². The van der Waals surface area contributed by atoms with Crippen molar-refractivity contribution in [2.75, 3.05) is 5.73 Å². The summed E-state index contributed by atoms with van der Waals surface area (Å²) in [7, 11) is -4.16. The second-order valence-electron chi connectivity index (χ2n) is 2.01. The Balaban J connectivity index is 0.00000121. The van der Waals surface area contributed by atoms with Gasteiger partial charge in [-0.05, 0) is 12.1 Å². The molecule has 0 saturated heterocycles. The Morgan fingerprint density at radius 1 is 1.25 bits per heavy atom. The minimum absolute atomic E-state index is 0. The molecule has 0 aliphatic rings. The van der Waals surface area contributed by atoms with Gasteiger partial charge in [0.1, 0.15) is 4.90 Å². The van der Waals surface area contributed by atoms with Gasteiger partial charge in [-0.15, -0.1) is 0 Å². The molecule has 0 saturated carbocycles. The normalized spacial score (nSPS) is 10.4. The van der Waals surface area contributed by atoms with Gasteiger partial charge in [0, 0.05) is 51.4 Å². The molecule has 0 aliphatic carbocycles. The molecule has 1 radical (unpaired) electrons. The number of nitrogen functional groups attached to an aromatic ring is 1. The number of hydrogen-bond donors (Lipinski definition) is 2. The van der Waals surface area contributed by atoms with Crippen LogP contribution in [-0.2, 0) is 10.1 Å². The molecule has 0 spiro atoms. The average Bonchev–Trinajstić information content (AvgIpc) is 1.86. The van der Waals surface area contributed by atoms with Crippen molar-refractivity contribution in [3.8, 4) is 0 Å². The predicted molar refractivity (Wildman–Crippen MR) is 46.4 cm³/mol. The summed E-state index contributed by atoms with van der Waals surface area (Å²) in [5, 5.41) is 0. The zero-order valence-electron chi connectivity index (χ0n) is 6.56. The van der Waals surface area contributed by atoms with Gasteiger partial charge in [-0.1, -0.05) is 12.1 Å². The number of benzene rings is 1. The molecule has 0 atom stereocenters. The SMILES string of the molecule is Nc1ccccc1S(=O)(=O)O.[K]. The molecule has 0 aliphatic heterocycles. The monoisotopic (exact) mass is 212 g/mol. The van der Waals surface area contributed by atoms with Crippen molar-refractivity contribution < 1.29 is 13.0 Å². The fraction of sp³-hybridized carbons (Fsp3) is 0. The Bertz CT molecular complexity index is 363. The van der Waals surface area contributed by atoms with Gasteiger partial charge in [0.25, 0.3) is 10.1 Å². The minimum Gasteiger partial charge on any atom is -0.398 e. The van der Waals surface area contributed by atoms with Gasteiger partial charge in [-0.25, -0.2) is 0 Å². The molecule has 1 aromatic carbocycles. The van der Waals surface area contributed by atoms with E-state index in [2.05, 4.69) is 0 Å². The molecule has 0 unspecified atom stereocenters. The van der Waals surface area contributed by atoms with Crippen LogP contribution in [0.3, 0.4) is 0 Å². The molecule has 0 amide bonds. The van der Waals surface area contributed by atoms with E-state index in [0.29, 0.717) is 0 Å². The summed E-state index contributed by atoms with van der Waals surface area (Å²) < 4.78 is 29.6. The Morgan fingerprint density at radius 2 is 1.75 bits per heavy atom. The molecule has 0 bridgehead atoms. The van der Waals surface area contributed by atoms with Crippen molar-refractivity contribution in [2.24, 2.45) is 0 Å². The van der Waals surface area contributed by atoms with Gasteiger partial charge in [0.2, 0.25) is 0 Å². The average molecular weight is 212 g/mol. The maximum absolute atomic E-state index is 10.5. The molecule has 0 heterocycles. The van der Waals surface area contributed by atoms with Crippen molar-refractivity contribution in [2.45, 2.75) is 4.90 Å². The molecule has 3 N–H and O–H groups in total. The third kappa shape index (κ3) is 3.13. The smallest absolute Gasteiger partial charge is 0.296 e. The Labute approximate surface area is 113 Å². The first-order valence-electron chi connectivity index (χ1n) is 2.84. The first-order chi connectivity index (χ1) is 5.02. The van der Waals surface area contributed by atoms with Crippen molar-refractivity contribution in [1.82, 2.24) is 0 Å². The molecule has 61 valence electrons. The van der Waals surface area contributed by atoms with E-state index in [1.165, 1.54) is 18.2 Å². The second kappa shape index (κ2) is 4.71. The fourth-order valence-electron chi connectivity index (χ4n) is 0.715. The van der Waals surface area contributed by atoms with Gasteiger partial charge in [-0.3, -0.25) is 4.55 Å².